The van der Waals surface area contributed by atoms with E-state index in [9.17, 15) is 4.79 Å². The van der Waals surface area contributed by atoms with Crippen LogP contribution in [-0.2, 0) is 11.8 Å². The number of carbonyl (C=O) groups excluding carboxylic acids is 1. The molecule has 1 N–H and O–H groups in total. The molecule has 1 heterocycles. The van der Waals surface area contributed by atoms with Gasteiger partial charge in [0.1, 0.15) is 5.75 Å². The lowest BCUT2D eigenvalue weighted by molar-refractivity contribution is -0.115. The molecule has 2 unspecified atom stereocenters. The van der Waals surface area contributed by atoms with E-state index in [1.807, 2.05) is 74.0 Å². The smallest absolute Gasteiger partial charge is 0.237 e. The molecule has 0 bridgehead atoms. The van der Waals surface area contributed by atoms with E-state index in [0.717, 1.165) is 5.69 Å². The predicted octanol–water partition coefficient (Wildman–Crippen LogP) is 5.12. The number of ether oxygens (including phenoxy) is 1. The van der Waals surface area contributed by atoms with Crippen molar-refractivity contribution in [2.24, 2.45) is 7.05 Å². The molecule has 0 saturated carbocycles. The van der Waals surface area contributed by atoms with Crippen LogP contribution < -0.4 is 10.1 Å². The average Bonchev–Trinajstić information content (AvgIpc) is 3.08. The lowest BCUT2D eigenvalue weighted by Gasteiger charge is -2.16. The maximum Gasteiger partial charge on any atom is 0.237 e. The second-order valence-corrected chi connectivity index (χ2v) is 8.04. The molecule has 3 aromatic rings. The van der Waals surface area contributed by atoms with Gasteiger partial charge in [-0.2, -0.15) is 0 Å². The van der Waals surface area contributed by atoms with Gasteiger partial charge in [0.25, 0.3) is 0 Å². The van der Waals surface area contributed by atoms with Gasteiger partial charge in [-0.25, -0.2) is 0 Å². The van der Waals surface area contributed by atoms with Crippen molar-refractivity contribution >= 4 is 35.0 Å². The summed E-state index contributed by atoms with van der Waals surface area (Å²) in [6.45, 7) is 3.86. The van der Waals surface area contributed by atoms with E-state index in [0.29, 0.717) is 28.2 Å². The number of benzene rings is 2. The molecule has 0 saturated heterocycles. The third kappa shape index (κ3) is 5.31. The van der Waals surface area contributed by atoms with Gasteiger partial charge in [0.15, 0.2) is 17.1 Å². The summed E-state index contributed by atoms with van der Waals surface area (Å²) in [4.78, 5) is 12.6. The van der Waals surface area contributed by atoms with E-state index >= 15 is 0 Å². The van der Waals surface area contributed by atoms with Crippen molar-refractivity contribution in [2.45, 2.75) is 36.8 Å². The molecule has 0 aliphatic heterocycles. The SMILES string of the molecule is CCC(Sc1nnc(C(C)Oc2ccccc2Cl)n1C)C(=O)Nc1ccccc1. The fourth-order valence-electron chi connectivity index (χ4n) is 2.76. The zero-order valence-electron chi connectivity index (χ0n) is 16.5. The van der Waals surface area contributed by atoms with Crippen LogP contribution in [0.5, 0.6) is 5.75 Å². The molecule has 0 spiro atoms. The number of rotatable bonds is 8. The van der Waals surface area contributed by atoms with Crippen LogP contribution in [0.2, 0.25) is 5.02 Å². The van der Waals surface area contributed by atoms with Crippen molar-refractivity contribution in [2.75, 3.05) is 5.32 Å². The Bertz CT molecular complexity index is 964. The molecule has 6 nitrogen and oxygen atoms in total. The van der Waals surface area contributed by atoms with Crippen LogP contribution in [0.15, 0.2) is 59.8 Å². The average molecular weight is 431 g/mol. The van der Waals surface area contributed by atoms with Gasteiger partial charge in [-0.15, -0.1) is 10.2 Å². The topological polar surface area (TPSA) is 69.0 Å². The van der Waals surface area contributed by atoms with Crippen molar-refractivity contribution in [3.63, 3.8) is 0 Å². The molecule has 8 heteroatoms. The van der Waals surface area contributed by atoms with Crippen LogP contribution in [0.4, 0.5) is 5.69 Å². The van der Waals surface area contributed by atoms with Crippen LogP contribution in [0.3, 0.4) is 0 Å². The molecule has 152 valence electrons. The van der Waals surface area contributed by atoms with Gasteiger partial charge in [-0.05, 0) is 37.6 Å². The number of halogens is 1. The lowest BCUT2D eigenvalue weighted by atomic mass is 10.3. The largest absolute Gasteiger partial charge is 0.481 e. The van der Waals surface area contributed by atoms with E-state index in [4.69, 9.17) is 16.3 Å². The highest BCUT2D eigenvalue weighted by atomic mass is 35.5. The highest BCUT2D eigenvalue weighted by Gasteiger charge is 2.24. The van der Waals surface area contributed by atoms with E-state index in [1.54, 1.807) is 6.07 Å². The first kappa shape index (κ1) is 21.2. The van der Waals surface area contributed by atoms with Gasteiger partial charge in [-0.1, -0.05) is 60.6 Å². The number of amides is 1. The summed E-state index contributed by atoms with van der Waals surface area (Å²) in [5.41, 5.74) is 0.775. The van der Waals surface area contributed by atoms with Crippen LogP contribution >= 0.6 is 23.4 Å². The van der Waals surface area contributed by atoms with Gasteiger partial charge in [0, 0.05) is 12.7 Å². The zero-order chi connectivity index (χ0) is 20.8. The Kier molecular flexibility index (Phi) is 7.17. The summed E-state index contributed by atoms with van der Waals surface area (Å²) in [5.74, 6) is 1.19. The monoisotopic (exact) mass is 430 g/mol. The van der Waals surface area contributed by atoms with E-state index in [1.165, 1.54) is 11.8 Å². The minimum absolute atomic E-state index is 0.0615. The molecule has 0 fully saturated rings. The second kappa shape index (κ2) is 9.80. The molecule has 2 aromatic carbocycles. The minimum Gasteiger partial charge on any atom is -0.481 e. The summed E-state index contributed by atoms with van der Waals surface area (Å²) < 4.78 is 7.79. The van der Waals surface area contributed by atoms with Crippen LogP contribution in [0.25, 0.3) is 0 Å². The maximum atomic E-state index is 12.6. The molecule has 2 atom stereocenters. The number of hydrogen-bond donors (Lipinski definition) is 1. The zero-order valence-corrected chi connectivity index (χ0v) is 18.1. The first-order valence-electron chi connectivity index (χ1n) is 9.32. The Labute approximate surface area is 179 Å². The van der Waals surface area contributed by atoms with E-state index in [-0.39, 0.29) is 17.3 Å². The van der Waals surface area contributed by atoms with Crippen molar-refractivity contribution in [3.05, 3.63) is 65.4 Å². The molecular formula is C21H23ClN4O2S. The molecule has 0 radical (unpaired) electrons. The number of carbonyl (C=O) groups is 1. The number of thioether (sulfide) groups is 1. The first-order valence-corrected chi connectivity index (χ1v) is 10.6. The van der Waals surface area contributed by atoms with Crippen molar-refractivity contribution in [1.82, 2.24) is 14.8 Å². The fraction of sp³-hybridized carbons (Fsp3) is 0.286. The van der Waals surface area contributed by atoms with Crippen LogP contribution in [0, 0.1) is 0 Å². The lowest BCUT2D eigenvalue weighted by Crippen LogP contribution is -2.25. The quantitative estimate of drug-likeness (QED) is 0.502. The number of anilines is 1. The Morgan fingerprint density at radius 2 is 1.86 bits per heavy atom. The number of para-hydroxylation sites is 2. The normalized spacial score (nSPS) is 13.0. The van der Waals surface area contributed by atoms with Crippen LogP contribution in [-0.4, -0.2) is 25.9 Å². The maximum absolute atomic E-state index is 12.6. The van der Waals surface area contributed by atoms with E-state index < -0.39 is 0 Å². The minimum atomic E-state index is -0.347. The van der Waals surface area contributed by atoms with E-state index in [2.05, 4.69) is 15.5 Å². The van der Waals surface area contributed by atoms with Crippen molar-refractivity contribution in [3.8, 4) is 5.75 Å². The summed E-state index contributed by atoms with van der Waals surface area (Å²) in [6, 6.07) is 16.7. The third-order valence-electron chi connectivity index (χ3n) is 4.32. The summed E-state index contributed by atoms with van der Waals surface area (Å²) in [7, 11) is 1.87. The molecule has 1 amide bonds. The van der Waals surface area contributed by atoms with Gasteiger partial charge >= 0.3 is 0 Å². The number of nitrogens with one attached hydrogen (secondary N) is 1. The highest BCUT2D eigenvalue weighted by molar-refractivity contribution is 8.00. The van der Waals surface area contributed by atoms with Gasteiger partial charge in [0.2, 0.25) is 5.91 Å². The summed E-state index contributed by atoms with van der Waals surface area (Å²) >= 11 is 7.56. The predicted molar refractivity (Wildman–Crippen MR) is 117 cm³/mol. The van der Waals surface area contributed by atoms with Crippen molar-refractivity contribution < 1.29 is 9.53 Å². The first-order chi connectivity index (χ1) is 14.0. The number of nitrogens with zero attached hydrogens (tertiary/aromatic N) is 3. The molecule has 0 aliphatic rings. The molecule has 0 aliphatic carbocycles. The van der Waals surface area contributed by atoms with Crippen molar-refractivity contribution in [1.29, 1.82) is 0 Å². The highest BCUT2D eigenvalue weighted by Crippen LogP contribution is 2.30. The molecule has 1 aromatic heterocycles. The second-order valence-electron chi connectivity index (χ2n) is 6.46. The third-order valence-corrected chi connectivity index (χ3v) is 6.04. The van der Waals surface area contributed by atoms with Gasteiger partial charge < -0.3 is 14.6 Å². The Morgan fingerprint density at radius 1 is 1.17 bits per heavy atom. The summed E-state index contributed by atoms with van der Waals surface area (Å²) in [5, 5.41) is 12.4. The standard InChI is InChI=1S/C21H23ClN4O2S/c1-4-18(20(27)23-15-10-6-5-7-11-15)29-21-25-24-19(26(21)3)14(2)28-17-13-9-8-12-16(17)22/h5-14,18H,4H2,1-3H3,(H,23,27). The Morgan fingerprint density at radius 3 is 2.55 bits per heavy atom. The van der Waals surface area contributed by atoms with Gasteiger partial charge in [0.05, 0.1) is 10.3 Å². The molecule has 29 heavy (non-hydrogen) atoms. The fourth-order valence-corrected chi connectivity index (χ4v) is 3.87. The molecular weight excluding hydrogens is 408 g/mol. The van der Waals surface area contributed by atoms with Crippen LogP contribution in [0.1, 0.15) is 32.2 Å². The number of aromatic nitrogens is 3. The Balaban J connectivity index is 1.69. The van der Waals surface area contributed by atoms with Gasteiger partial charge in [-0.3, -0.25) is 4.79 Å². The molecule has 3 rings (SSSR count). The number of hydrogen-bond acceptors (Lipinski definition) is 5. The Hall–Kier alpha value is -2.51. The summed E-state index contributed by atoms with van der Waals surface area (Å²) in [6.07, 6.45) is 0.317.